The molecule has 4 rings (SSSR count). The number of nitrogens with one attached hydrogen (secondary N) is 1. The van der Waals surface area contributed by atoms with E-state index in [-0.39, 0.29) is 11.8 Å². The first kappa shape index (κ1) is 24.9. The number of carbonyl (C=O) groups is 1. The van der Waals surface area contributed by atoms with Crippen molar-refractivity contribution in [2.24, 2.45) is 10.3 Å². The Morgan fingerprint density at radius 2 is 1.79 bits per heavy atom. The van der Waals surface area contributed by atoms with Crippen molar-refractivity contribution in [3.8, 4) is 0 Å². The minimum absolute atomic E-state index is 0.0290. The zero-order chi connectivity index (χ0) is 24.5. The van der Waals surface area contributed by atoms with Gasteiger partial charge in [0.25, 0.3) is 10.0 Å². The van der Waals surface area contributed by atoms with Crippen molar-refractivity contribution in [2.75, 3.05) is 32.7 Å². The highest BCUT2D eigenvalue weighted by Crippen LogP contribution is 2.35. The van der Waals surface area contributed by atoms with Crippen molar-refractivity contribution < 1.29 is 13.2 Å². The largest absolute Gasteiger partial charge is 0.356 e. The molecule has 0 aromatic heterocycles. The third-order valence-corrected chi connectivity index (χ3v) is 9.03. The number of hydrogen-bond donors (Lipinski definition) is 1. The zero-order valence-corrected chi connectivity index (χ0v) is 21.7. The number of amides is 1. The standard InChI is InChI=1S/C26H38N4O3S/c1-5-29-14-6-7-23(29)17-27-26(31)22-12-15-30(16-13-22)25-19(4)24(34(32,33)28-25)21-10-8-20(9-11-21)18(2)3/h8-11,18,22-23H,5-7,12-17H2,1-4H3,(H,27,31)/t23-/m1/s1. The average molecular weight is 487 g/mol. The summed E-state index contributed by atoms with van der Waals surface area (Å²) in [4.78, 5) is 17.5. The predicted octanol–water partition coefficient (Wildman–Crippen LogP) is 3.60. The van der Waals surface area contributed by atoms with E-state index in [2.05, 4.69) is 35.4 Å². The van der Waals surface area contributed by atoms with Crippen molar-refractivity contribution in [1.82, 2.24) is 15.1 Å². The molecule has 186 valence electrons. The molecule has 1 atom stereocenters. The Hall–Kier alpha value is -2.19. The van der Waals surface area contributed by atoms with E-state index in [0.717, 1.165) is 26.1 Å². The molecule has 0 unspecified atom stereocenters. The Morgan fingerprint density at radius 3 is 2.41 bits per heavy atom. The molecule has 1 aromatic carbocycles. The minimum atomic E-state index is -3.73. The lowest BCUT2D eigenvalue weighted by atomic mass is 9.95. The molecule has 2 saturated heterocycles. The van der Waals surface area contributed by atoms with Crippen LogP contribution in [-0.4, -0.2) is 68.7 Å². The van der Waals surface area contributed by atoms with Crippen molar-refractivity contribution in [3.63, 3.8) is 0 Å². The second-order valence-electron chi connectivity index (χ2n) is 10.1. The normalized spacial score (nSPS) is 23.6. The predicted molar refractivity (Wildman–Crippen MR) is 137 cm³/mol. The van der Waals surface area contributed by atoms with E-state index < -0.39 is 10.0 Å². The number of likely N-dealkylation sites (tertiary alicyclic amines) is 2. The lowest BCUT2D eigenvalue weighted by Gasteiger charge is -2.33. The molecule has 2 fully saturated rings. The number of benzene rings is 1. The second kappa shape index (κ2) is 10.2. The maximum absolute atomic E-state index is 12.9. The summed E-state index contributed by atoms with van der Waals surface area (Å²) < 4.78 is 30.0. The van der Waals surface area contributed by atoms with Crippen LogP contribution >= 0.6 is 0 Å². The van der Waals surface area contributed by atoms with Gasteiger partial charge in [0.15, 0.2) is 0 Å². The van der Waals surface area contributed by atoms with E-state index in [1.54, 1.807) is 0 Å². The lowest BCUT2D eigenvalue weighted by molar-refractivity contribution is -0.126. The molecule has 0 bridgehead atoms. The van der Waals surface area contributed by atoms with Crippen LogP contribution in [-0.2, 0) is 14.8 Å². The first-order valence-corrected chi connectivity index (χ1v) is 14.1. The molecule has 1 amide bonds. The van der Waals surface area contributed by atoms with E-state index in [0.29, 0.717) is 59.8 Å². The van der Waals surface area contributed by atoms with Crippen LogP contribution < -0.4 is 5.32 Å². The fourth-order valence-corrected chi connectivity index (χ4v) is 6.95. The summed E-state index contributed by atoms with van der Waals surface area (Å²) in [7, 11) is -3.73. The number of sulfonamides is 1. The Kier molecular flexibility index (Phi) is 7.48. The summed E-state index contributed by atoms with van der Waals surface area (Å²) in [5.41, 5.74) is 2.55. The number of nitrogens with zero attached hydrogens (tertiary/aromatic N) is 3. The van der Waals surface area contributed by atoms with Crippen LogP contribution in [0, 0.1) is 5.92 Å². The van der Waals surface area contributed by atoms with Gasteiger partial charge in [0.2, 0.25) is 5.91 Å². The molecule has 3 aliphatic rings. The molecule has 3 heterocycles. The van der Waals surface area contributed by atoms with Gasteiger partial charge in [-0.2, -0.15) is 8.42 Å². The van der Waals surface area contributed by atoms with Crippen LogP contribution in [0.4, 0.5) is 0 Å². The average Bonchev–Trinajstić information content (AvgIpc) is 3.38. The van der Waals surface area contributed by atoms with Gasteiger partial charge in [0, 0.05) is 37.2 Å². The van der Waals surface area contributed by atoms with Crippen molar-refractivity contribution in [2.45, 2.75) is 65.3 Å². The maximum Gasteiger partial charge on any atom is 0.285 e. The number of rotatable bonds is 6. The maximum atomic E-state index is 12.9. The summed E-state index contributed by atoms with van der Waals surface area (Å²) in [5, 5.41) is 3.17. The van der Waals surface area contributed by atoms with Crippen LogP contribution in [0.1, 0.15) is 70.4 Å². The highest BCUT2D eigenvalue weighted by Gasteiger charge is 2.36. The molecule has 7 nitrogen and oxygen atoms in total. The van der Waals surface area contributed by atoms with Gasteiger partial charge in [-0.15, -0.1) is 4.40 Å². The van der Waals surface area contributed by atoms with Crippen molar-refractivity contribution in [3.05, 3.63) is 41.0 Å². The fourth-order valence-electron chi connectivity index (χ4n) is 5.46. The molecule has 0 radical (unpaired) electrons. The lowest BCUT2D eigenvalue weighted by Crippen LogP contribution is -2.46. The van der Waals surface area contributed by atoms with Gasteiger partial charge in [0.05, 0.1) is 0 Å². The highest BCUT2D eigenvalue weighted by atomic mass is 32.2. The molecule has 8 heteroatoms. The van der Waals surface area contributed by atoms with Crippen LogP contribution in [0.15, 0.2) is 34.2 Å². The first-order chi connectivity index (χ1) is 16.2. The number of likely N-dealkylation sites (N-methyl/N-ethyl adjacent to an activating group) is 1. The number of piperidine rings is 1. The summed E-state index contributed by atoms with van der Waals surface area (Å²) in [6.45, 7) is 12.4. The SMILES string of the molecule is CCN1CCC[C@@H]1CNC(=O)C1CCN(C2=NS(=O)(=O)C(c3ccc(C(C)C)cc3)=C2C)CC1. The molecule has 0 aliphatic carbocycles. The second-order valence-corrected chi connectivity index (χ2v) is 11.6. The molecule has 0 spiro atoms. The van der Waals surface area contributed by atoms with Gasteiger partial charge in [0.1, 0.15) is 10.7 Å². The van der Waals surface area contributed by atoms with Gasteiger partial charge in [-0.1, -0.05) is 45.0 Å². The van der Waals surface area contributed by atoms with Crippen molar-refractivity contribution in [1.29, 1.82) is 0 Å². The molecule has 3 aliphatic heterocycles. The van der Waals surface area contributed by atoms with Crippen molar-refractivity contribution >= 4 is 26.7 Å². The van der Waals surface area contributed by atoms with Gasteiger partial charge in [-0.25, -0.2) is 0 Å². The Bertz CT molecular complexity index is 1070. The molecule has 0 saturated carbocycles. The molecular formula is C26H38N4O3S. The smallest absolute Gasteiger partial charge is 0.285 e. The van der Waals surface area contributed by atoms with Crippen LogP contribution in [0.5, 0.6) is 0 Å². The van der Waals surface area contributed by atoms with Gasteiger partial charge in [-0.3, -0.25) is 9.69 Å². The molecule has 34 heavy (non-hydrogen) atoms. The Morgan fingerprint density at radius 1 is 1.12 bits per heavy atom. The number of carbonyl (C=O) groups excluding carboxylic acids is 1. The third-order valence-electron chi connectivity index (χ3n) is 7.56. The van der Waals surface area contributed by atoms with E-state index in [1.165, 1.54) is 12.0 Å². The van der Waals surface area contributed by atoms with Crippen LogP contribution in [0.2, 0.25) is 0 Å². The first-order valence-electron chi connectivity index (χ1n) is 12.6. The summed E-state index contributed by atoms with van der Waals surface area (Å²) in [6, 6.07) is 8.19. The number of hydrogen-bond acceptors (Lipinski definition) is 5. The Balaban J connectivity index is 1.38. The topological polar surface area (TPSA) is 82.1 Å². The summed E-state index contributed by atoms with van der Waals surface area (Å²) >= 11 is 0. The minimum Gasteiger partial charge on any atom is -0.356 e. The fraction of sp³-hybridized carbons (Fsp3) is 0.615. The molecule has 1 aromatic rings. The number of amidine groups is 1. The summed E-state index contributed by atoms with van der Waals surface area (Å²) in [5.74, 6) is 1.02. The van der Waals surface area contributed by atoms with Gasteiger partial charge in [-0.05, 0) is 62.7 Å². The Labute approximate surface area is 204 Å². The summed E-state index contributed by atoms with van der Waals surface area (Å²) in [6.07, 6.45) is 3.76. The van der Waals surface area contributed by atoms with Crippen LogP contribution in [0.3, 0.4) is 0 Å². The van der Waals surface area contributed by atoms with E-state index >= 15 is 0 Å². The third kappa shape index (κ3) is 5.08. The van der Waals surface area contributed by atoms with Gasteiger partial charge < -0.3 is 10.2 Å². The van der Waals surface area contributed by atoms with E-state index in [4.69, 9.17) is 0 Å². The van der Waals surface area contributed by atoms with Gasteiger partial charge >= 0.3 is 0 Å². The van der Waals surface area contributed by atoms with E-state index in [1.807, 2.05) is 36.1 Å². The monoisotopic (exact) mass is 486 g/mol. The molecule has 1 N–H and O–H groups in total. The van der Waals surface area contributed by atoms with Crippen LogP contribution in [0.25, 0.3) is 4.91 Å². The quantitative estimate of drug-likeness (QED) is 0.665. The van der Waals surface area contributed by atoms with E-state index in [9.17, 15) is 13.2 Å². The highest BCUT2D eigenvalue weighted by molar-refractivity contribution is 8.00. The molecular weight excluding hydrogens is 448 g/mol. The zero-order valence-electron chi connectivity index (χ0n) is 20.9.